The van der Waals surface area contributed by atoms with E-state index in [4.69, 9.17) is 14.9 Å². The van der Waals surface area contributed by atoms with Crippen LogP contribution in [0.5, 0.6) is 0 Å². The second-order valence-corrected chi connectivity index (χ2v) is 4.30. The van der Waals surface area contributed by atoms with Gasteiger partial charge in [0.1, 0.15) is 0 Å². The molecule has 0 spiro atoms. The lowest BCUT2D eigenvalue weighted by Crippen LogP contribution is -2.33. The molecule has 1 heterocycles. The average molecular weight is 232 g/mol. The summed E-state index contributed by atoms with van der Waals surface area (Å²) in [5.74, 6) is -0.882. The van der Waals surface area contributed by atoms with Gasteiger partial charge in [-0.2, -0.15) is 0 Å². The molecular weight excluding hydrogens is 212 g/mol. The van der Waals surface area contributed by atoms with Crippen LogP contribution in [0.15, 0.2) is 0 Å². The van der Waals surface area contributed by atoms with E-state index in [0.29, 0.717) is 6.42 Å². The first-order valence-electron chi connectivity index (χ1n) is 5.72. The van der Waals surface area contributed by atoms with Gasteiger partial charge in [-0.15, -0.1) is 0 Å². The third-order valence-electron chi connectivity index (χ3n) is 3.33. The summed E-state index contributed by atoms with van der Waals surface area (Å²) >= 11 is 0. The van der Waals surface area contributed by atoms with Crippen LogP contribution in [-0.2, 0) is 9.53 Å². The van der Waals surface area contributed by atoms with Gasteiger partial charge in [0.15, 0.2) is 0 Å². The standard InChI is InChI=1S/C11H20O5/c1-2-7(3-4-10(14)15)11-8(13)6-16-9(11)5-12/h7-9,11-13H,2-6H2,1H3,(H,14,15)/t7?,8-,9+,11-/m0/s1. The molecule has 3 N–H and O–H groups in total. The molecule has 5 heteroatoms. The minimum absolute atomic E-state index is 0.0887. The van der Waals surface area contributed by atoms with Gasteiger partial charge >= 0.3 is 5.97 Å². The summed E-state index contributed by atoms with van der Waals surface area (Å²) in [5, 5.41) is 27.5. The highest BCUT2D eigenvalue weighted by atomic mass is 16.5. The molecule has 0 aromatic heterocycles. The Balaban J connectivity index is 2.58. The van der Waals surface area contributed by atoms with Crippen molar-refractivity contribution >= 4 is 5.97 Å². The quantitative estimate of drug-likeness (QED) is 0.611. The van der Waals surface area contributed by atoms with E-state index in [-0.39, 0.29) is 37.6 Å². The fraction of sp³-hybridized carbons (Fsp3) is 0.909. The molecule has 1 rings (SSSR count). The zero-order chi connectivity index (χ0) is 12.1. The molecule has 0 aromatic rings. The smallest absolute Gasteiger partial charge is 0.303 e. The molecule has 4 atom stereocenters. The van der Waals surface area contributed by atoms with Crippen LogP contribution in [0.4, 0.5) is 0 Å². The van der Waals surface area contributed by atoms with Crippen molar-refractivity contribution in [3.05, 3.63) is 0 Å². The number of hydrogen-bond acceptors (Lipinski definition) is 4. The topological polar surface area (TPSA) is 87.0 Å². The van der Waals surface area contributed by atoms with Crippen LogP contribution in [0.1, 0.15) is 26.2 Å². The second-order valence-electron chi connectivity index (χ2n) is 4.30. The maximum absolute atomic E-state index is 10.5. The molecule has 1 aliphatic heterocycles. The van der Waals surface area contributed by atoms with Gasteiger partial charge in [-0.1, -0.05) is 13.3 Å². The molecule has 0 saturated carbocycles. The van der Waals surface area contributed by atoms with Crippen molar-refractivity contribution < 1.29 is 24.9 Å². The highest BCUT2D eigenvalue weighted by Crippen LogP contribution is 2.33. The number of carboxylic acid groups (broad SMARTS) is 1. The van der Waals surface area contributed by atoms with Crippen LogP contribution in [-0.4, -0.2) is 46.7 Å². The molecule has 0 bridgehead atoms. The monoisotopic (exact) mass is 232 g/mol. The van der Waals surface area contributed by atoms with E-state index in [1.165, 1.54) is 0 Å². The van der Waals surface area contributed by atoms with Gasteiger partial charge in [-0.05, 0) is 12.3 Å². The minimum Gasteiger partial charge on any atom is -0.481 e. The Hall–Kier alpha value is -0.650. The highest BCUT2D eigenvalue weighted by Gasteiger charge is 2.40. The van der Waals surface area contributed by atoms with Crippen molar-refractivity contribution in [2.24, 2.45) is 11.8 Å². The summed E-state index contributed by atoms with van der Waals surface area (Å²) < 4.78 is 5.27. The van der Waals surface area contributed by atoms with E-state index in [1.54, 1.807) is 0 Å². The van der Waals surface area contributed by atoms with Gasteiger partial charge in [-0.3, -0.25) is 4.79 Å². The summed E-state index contributed by atoms with van der Waals surface area (Å²) in [6.07, 6.45) is 0.465. The van der Waals surface area contributed by atoms with E-state index >= 15 is 0 Å². The lowest BCUT2D eigenvalue weighted by atomic mass is 9.80. The normalized spacial score (nSPS) is 31.6. The van der Waals surface area contributed by atoms with Gasteiger partial charge in [-0.25, -0.2) is 0 Å². The Labute approximate surface area is 95.0 Å². The van der Waals surface area contributed by atoms with E-state index in [9.17, 15) is 9.90 Å². The van der Waals surface area contributed by atoms with Crippen molar-refractivity contribution in [2.75, 3.05) is 13.2 Å². The minimum atomic E-state index is -0.826. The fourth-order valence-corrected chi connectivity index (χ4v) is 2.46. The maximum Gasteiger partial charge on any atom is 0.303 e. The molecular formula is C11H20O5. The zero-order valence-electron chi connectivity index (χ0n) is 9.50. The summed E-state index contributed by atoms with van der Waals surface area (Å²) in [5.41, 5.74) is 0. The number of rotatable bonds is 6. The number of hydrogen-bond donors (Lipinski definition) is 3. The molecule has 94 valence electrons. The van der Waals surface area contributed by atoms with E-state index < -0.39 is 12.1 Å². The molecule has 0 radical (unpaired) electrons. The predicted octanol–water partition coefficient (Wildman–Crippen LogP) is 0.246. The fourth-order valence-electron chi connectivity index (χ4n) is 2.46. The lowest BCUT2D eigenvalue weighted by Gasteiger charge is -2.27. The van der Waals surface area contributed by atoms with Crippen molar-refractivity contribution in [3.8, 4) is 0 Å². The van der Waals surface area contributed by atoms with Gasteiger partial charge in [0.05, 0.1) is 25.4 Å². The Morgan fingerprint density at radius 1 is 1.56 bits per heavy atom. The van der Waals surface area contributed by atoms with E-state index in [1.807, 2.05) is 6.92 Å². The van der Waals surface area contributed by atoms with Gasteiger partial charge < -0.3 is 20.1 Å². The number of ether oxygens (including phenoxy) is 1. The van der Waals surface area contributed by atoms with Crippen LogP contribution in [0.3, 0.4) is 0 Å². The second kappa shape index (κ2) is 6.18. The van der Waals surface area contributed by atoms with Crippen molar-refractivity contribution in [1.82, 2.24) is 0 Å². The van der Waals surface area contributed by atoms with Crippen LogP contribution in [0.2, 0.25) is 0 Å². The van der Waals surface area contributed by atoms with Crippen LogP contribution < -0.4 is 0 Å². The first kappa shape index (κ1) is 13.4. The third kappa shape index (κ3) is 3.17. The van der Waals surface area contributed by atoms with Crippen molar-refractivity contribution in [3.63, 3.8) is 0 Å². The summed E-state index contributed by atoms with van der Waals surface area (Å²) in [6, 6.07) is 0. The number of carboxylic acids is 1. The number of aliphatic hydroxyl groups excluding tert-OH is 2. The van der Waals surface area contributed by atoms with Gasteiger partial charge in [0.2, 0.25) is 0 Å². The van der Waals surface area contributed by atoms with E-state index in [2.05, 4.69) is 0 Å². The van der Waals surface area contributed by atoms with E-state index in [0.717, 1.165) is 6.42 Å². The Morgan fingerprint density at radius 2 is 2.25 bits per heavy atom. The van der Waals surface area contributed by atoms with Crippen LogP contribution in [0, 0.1) is 11.8 Å². The average Bonchev–Trinajstić information content (AvgIpc) is 2.61. The van der Waals surface area contributed by atoms with Crippen LogP contribution in [0.25, 0.3) is 0 Å². The SMILES string of the molecule is CCC(CCC(=O)O)[C@H]1[C@@H](O)CO[C@@H]1CO. The predicted molar refractivity (Wildman–Crippen MR) is 57.0 cm³/mol. The van der Waals surface area contributed by atoms with Crippen molar-refractivity contribution in [2.45, 2.75) is 38.4 Å². The Morgan fingerprint density at radius 3 is 2.75 bits per heavy atom. The van der Waals surface area contributed by atoms with Crippen molar-refractivity contribution in [1.29, 1.82) is 0 Å². The number of carbonyl (C=O) groups is 1. The Bertz CT molecular complexity index is 230. The number of aliphatic carboxylic acids is 1. The molecule has 5 nitrogen and oxygen atoms in total. The number of aliphatic hydroxyl groups is 2. The molecule has 1 unspecified atom stereocenters. The maximum atomic E-state index is 10.5. The molecule has 16 heavy (non-hydrogen) atoms. The summed E-state index contributed by atoms with van der Waals surface area (Å²) in [7, 11) is 0. The Kier molecular flexibility index (Phi) is 5.18. The zero-order valence-corrected chi connectivity index (χ0v) is 9.50. The molecule has 1 saturated heterocycles. The molecule has 0 amide bonds. The van der Waals surface area contributed by atoms with Gasteiger partial charge in [0.25, 0.3) is 0 Å². The third-order valence-corrected chi connectivity index (χ3v) is 3.33. The molecule has 1 aliphatic rings. The molecule has 1 fully saturated rings. The molecule has 0 aliphatic carbocycles. The highest BCUT2D eigenvalue weighted by molar-refractivity contribution is 5.66. The lowest BCUT2D eigenvalue weighted by molar-refractivity contribution is -0.137. The van der Waals surface area contributed by atoms with Gasteiger partial charge in [0, 0.05) is 12.3 Å². The first-order chi connectivity index (χ1) is 7.60. The molecule has 0 aromatic carbocycles. The largest absolute Gasteiger partial charge is 0.481 e. The first-order valence-corrected chi connectivity index (χ1v) is 5.72. The summed E-state index contributed by atoms with van der Waals surface area (Å²) in [6.45, 7) is 2.08. The summed E-state index contributed by atoms with van der Waals surface area (Å²) in [4.78, 5) is 10.5. The van der Waals surface area contributed by atoms with Crippen LogP contribution >= 0.6 is 0 Å².